The molecule has 2 rings (SSSR count). The Labute approximate surface area is 150 Å². The highest BCUT2D eigenvalue weighted by Gasteiger charge is 2.45. The van der Waals surface area contributed by atoms with Gasteiger partial charge < -0.3 is 39.4 Å². The van der Waals surface area contributed by atoms with Gasteiger partial charge in [-0.3, -0.25) is 0 Å². The summed E-state index contributed by atoms with van der Waals surface area (Å²) in [6.07, 6.45) is -3.51. The standard InChI is InChI=1S/C17H22O9/c1-23-10-5-9(3-4-13(19)20)6-11(7-10)25-17-15(22)14(21)16(24-2)12(8-18)26-17/h3-7,12,14-18,21-22H,8H2,1-2H3,(H,19,20). The first-order chi connectivity index (χ1) is 12.4. The van der Waals surface area contributed by atoms with Crippen molar-refractivity contribution < 1.29 is 44.2 Å². The molecule has 9 nitrogen and oxygen atoms in total. The fourth-order valence-corrected chi connectivity index (χ4v) is 2.62. The van der Waals surface area contributed by atoms with Crippen LogP contribution in [0.15, 0.2) is 24.3 Å². The molecule has 26 heavy (non-hydrogen) atoms. The molecule has 1 heterocycles. The predicted octanol–water partition coefficient (Wildman–Crippen LogP) is -0.374. The molecule has 0 aliphatic carbocycles. The first-order valence-electron chi connectivity index (χ1n) is 7.81. The highest BCUT2D eigenvalue weighted by molar-refractivity contribution is 5.85. The van der Waals surface area contributed by atoms with Crippen molar-refractivity contribution >= 4 is 12.0 Å². The zero-order valence-electron chi connectivity index (χ0n) is 14.3. The molecule has 0 amide bonds. The lowest BCUT2D eigenvalue weighted by molar-refractivity contribution is -0.281. The first kappa shape index (κ1) is 20.1. The third kappa shape index (κ3) is 4.71. The number of benzene rings is 1. The van der Waals surface area contributed by atoms with E-state index in [1.165, 1.54) is 32.4 Å². The lowest BCUT2D eigenvalue weighted by Gasteiger charge is -2.41. The number of aliphatic carboxylic acids is 1. The molecular weight excluding hydrogens is 348 g/mol. The van der Waals surface area contributed by atoms with Gasteiger partial charge in [0, 0.05) is 19.3 Å². The van der Waals surface area contributed by atoms with Crippen LogP contribution in [-0.4, -0.2) is 77.9 Å². The second-order valence-electron chi connectivity index (χ2n) is 5.64. The summed E-state index contributed by atoms with van der Waals surface area (Å²) >= 11 is 0. The molecule has 1 aliphatic heterocycles. The van der Waals surface area contributed by atoms with E-state index < -0.39 is 43.3 Å². The minimum atomic E-state index is -1.42. The molecule has 0 spiro atoms. The summed E-state index contributed by atoms with van der Waals surface area (Å²) < 4.78 is 21.3. The number of methoxy groups -OCH3 is 2. The average molecular weight is 370 g/mol. The molecule has 0 radical (unpaired) electrons. The van der Waals surface area contributed by atoms with E-state index in [1.807, 2.05) is 0 Å². The highest BCUT2D eigenvalue weighted by atomic mass is 16.7. The van der Waals surface area contributed by atoms with E-state index in [0.29, 0.717) is 11.3 Å². The van der Waals surface area contributed by atoms with Crippen LogP contribution >= 0.6 is 0 Å². The molecule has 5 unspecified atom stereocenters. The van der Waals surface area contributed by atoms with Crippen molar-refractivity contribution in [2.24, 2.45) is 0 Å². The molecule has 1 saturated heterocycles. The maximum atomic E-state index is 10.7. The SMILES string of the molecule is COc1cc(C=CC(=O)O)cc(OC2OC(CO)C(OC)C(O)C2O)c1. The Balaban J connectivity index is 2.23. The van der Waals surface area contributed by atoms with E-state index in [1.54, 1.807) is 6.07 Å². The Hall–Kier alpha value is -2.17. The van der Waals surface area contributed by atoms with Crippen LogP contribution in [0.25, 0.3) is 6.08 Å². The Morgan fingerprint density at radius 3 is 2.46 bits per heavy atom. The van der Waals surface area contributed by atoms with Crippen LogP contribution in [0.5, 0.6) is 11.5 Å². The van der Waals surface area contributed by atoms with Gasteiger partial charge in [0.25, 0.3) is 0 Å². The van der Waals surface area contributed by atoms with E-state index in [2.05, 4.69) is 0 Å². The summed E-state index contributed by atoms with van der Waals surface area (Å²) in [5.74, 6) is -0.495. The number of carbonyl (C=O) groups is 1. The molecule has 1 fully saturated rings. The fraction of sp³-hybridized carbons (Fsp3) is 0.471. The Morgan fingerprint density at radius 2 is 1.88 bits per heavy atom. The number of carboxylic acid groups (broad SMARTS) is 1. The van der Waals surface area contributed by atoms with Gasteiger partial charge >= 0.3 is 5.97 Å². The molecule has 1 aromatic carbocycles. The second-order valence-corrected chi connectivity index (χ2v) is 5.64. The average Bonchev–Trinajstić information content (AvgIpc) is 2.63. The summed E-state index contributed by atoms with van der Waals surface area (Å²) in [5.41, 5.74) is 0.487. The van der Waals surface area contributed by atoms with Crippen molar-refractivity contribution in [1.29, 1.82) is 0 Å². The summed E-state index contributed by atoms with van der Waals surface area (Å²) in [6, 6.07) is 4.62. The normalized spacial score (nSPS) is 28.9. The van der Waals surface area contributed by atoms with Crippen LogP contribution in [0.3, 0.4) is 0 Å². The Morgan fingerprint density at radius 1 is 1.19 bits per heavy atom. The molecule has 5 atom stereocenters. The number of ether oxygens (including phenoxy) is 4. The van der Waals surface area contributed by atoms with Crippen LogP contribution in [-0.2, 0) is 14.3 Å². The molecule has 0 bridgehead atoms. The third-order valence-electron chi connectivity index (χ3n) is 3.90. The Bertz CT molecular complexity index is 643. The molecular formula is C17H22O9. The number of hydrogen-bond donors (Lipinski definition) is 4. The van der Waals surface area contributed by atoms with Crippen molar-refractivity contribution in [2.75, 3.05) is 20.8 Å². The van der Waals surface area contributed by atoms with E-state index >= 15 is 0 Å². The van der Waals surface area contributed by atoms with Crippen molar-refractivity contribution in [1.82, 2.24) is 0 Å². The molecule has 1 aromatic rings. The van der Waals surface area contributed by atoms with Crippen molar-refractivity contribution in [3.8, 4) is 11.5 Å². The summed E-state index contributed by atoms with van der Waals surface area (Å²) in [6.45, 7) is -0.438. The van der Waals surface area contributed by atoms with Gasteiger partial charge in [0.1, 0.15) is 35.9 Å². The maximum Gasteiger partial charge on any atom is 0.328 e. The largest absolute Gasteiger partial charge is 0.497 e. The van der Waals surface area contributed by atoms with Crippen molar-refractivity contribution in [2.45, 2.75) is 30.7 Å². The van der Waals surface area contributed by atoms with Gasteiger partial charge in [-0.25, -0.2) is 4.79 Å². The van der Waals surface area contributed by atoms with Gasteiger partial charge in [-0.1, -0.05) is 0 Å². The molecule has 1 aliphatic rings. The van der Waals surface area contributed by atoms with Gasteiger partial charge in [0.15, 0.2) is 0 Å². The lowest BCUT2D eigenvalue weighted by atomic mass is 9.99. The number of hydrogen-bond acceptors (Lipinski definition) is 8. The first-order valence-corrected chi connectivity index (χ1v) is 7.81. The van der Waals surface area contributed by atoms with Crippen LogP contribution in [0.2, 0.25) is 0 Å². The fourth-order valence-electron chi connectivity index (χ4n) is 2.62. The zero-order valence-corrected chi connectivity index (χ0v) is 14.3. The zero-order chi connectivity index (χ0) is 19.3. The van der Waals surface area contributed by atoms with Gasteiger partial charge in [-0.15, -0.1) is 0 Å². The lowest BCUT2D eigenvalue weighted by Crippen LogP contribution is -2.60. The van der Waals surface area contributed by atoms with E-state index in [-0.39, 0.29) is 5.75 Å². The maximum absolute atomic E-state index is 10.7. The summed E-state index contributed by atoms with van der Waals surface area (Å²) in [4.78, 5) is 10.7. The van der Waals surface area contributed by atoms with E-state index in [9.17, 15) is 20.1 Å². The van der Waals surface area contributed by atoms with E-state index in [4.69, 9.17) is 24.1 Å². The van der Waals surface area contributed by atoms with Gasteiger partial charge in [-0.2, -0.15) is 0 Å². The highest BCUT2D eigenvalue weighted by Crippen LogP contribution is 2.29. The van der Waals surface area contributed by atoms with Crippen molar-refractivity contribution in [3.05, 3.63) is 29.8 Å². The number of aliphatic hydroxyl groups is 3. The minimum absolute atomic E-state index is 0.221. The van der Waals surface area contributed by atoms with Crippen LogP contribution in [0.4, 0.5) is 0 Å². The van der Waals surface area contributed by atoms with Gasteiger partial charge in [-0.05, 0) is 23.8 Å². The van der Waals surface area contributed by atoms with Crippen molar-refractivity contribution in [3.63, 3.8) is 0 Å². The summed E-state index contributed by atoms with van der Waals surface area (Å²) in [5, 5.41) is 38.5. The quantitative estimate of drug-likeness (QED) is 0.474. The number of aliphatic hydroxyl groups excluding tert-OH is 3. The van der Waals surface area contributed by atoms with Crippen LogP contribution < -0.4 is 9.47 Å². The van der Waals surface area contributed by atoms with Crippen LogP contribution in [0.1, 0.15) is 5.56 Å². The second kappa shape index (κ2) is 8.97. The topological polar surface area (TPSA) is 135 Å². The van der Waals surface area contributed by atoms with Gasteiger partial charge in [0.2, 0.25) is 6.29 Å². The molecule has 4 N–H and O–H groups in total. The molecule has 9 heteroatoms. The number of rotatable bonds is 7. The monoisotopic (exact) mass is 370 g/mol. The molecule has 144 valence electrons. The number of carboxylic acids is 1. The Kier molecular flexibility index (Phi) is 6.95. The van der Waals surface area contributed by atoms with E-state index in [0.717, 1.165) is 6.08 Å². The predicted molar refractivity (Wildman–Crippen MR) is 88.8 cm³/mol. The minimum Gasteiger partial charge on any atom is -0.497 e. The molecule has 0 aromatic heterocycles. The van der Waals surface area contributed by atoms with Gasteiger partial charge in [0.05, 0.1) is 13.7 Å². The third-order valence-corrected chi connectivity index (χ3v) is 3.90. The summed E-state index contributed by atoms with van der Waals surface area (Å²) in [7, 11) is 2.77. The molecule has 0 saturated carbocycles. The smallest absolute Gasteiger partial charge is 0.328 e. The van der Waals surface area contributed by atoms with Crippen LogP contribution in [0, 0.1) is 0 Å².